The second kappa shape index (κ2) is 6.23. The van der Waals surface area contributed by atoms with E-state index in [1.807, 2.05) is 0 Å². The number of hydrogen-bond acceptors (Lipinski definition) is 0. The monoisotopic (exact) mass is 362 g/mol. The molecule has 2 aromatic rings. The summed E-state index contributed by atoms with van der Waals surface area (Å²) in [5.74, 6) is 1.06. The van der Waals surface area contributed by atoms with Crippen LogP contribution in [0, 0.1) is 11.8 Å². The Labute approximate surface area is 167 Å². The fourth-order valence-corrected chi connectivity index (χ4v) is 5.64. The van der Waals surface area contributed by atoms with Crippen LogP contribution in [-0.2, 0) is 16.2 Å². The molecule has 1 aliphatic rings. The van der Waals surface area contributed by atoms with Crippen LogP contribution >= 0.6 is 0 Å². The summed E-state index contributed by atoms with van der Waals surface area (Å²) in [7, 11) is 0. The summed E-state index contributed by atoms with van der Waals surface area (Å²) < 4.78 is 0. The normalized spacial score (nSPS) is 16.0. The molecule has 0 fully saturated rings. The molecule has 0 atom stereocenters. The molecule has 0 bridgehead atoms. The molecule has 27 heavy (non-hydrogen) atoms. The molecule has 0 radical (unpaired) electrons. The van der Waals surface area contributed by atoms with E-state index in [2.05, 4.69) is 106 Å². The van der Waals surface area contributed by atoms with Crippen LogP contribution in [0.3, 0.4) is 0 Å². The molecule has 0 heteroatoms. The van der Waals surface area contributed by atoms with Crippen molar-refractivity contribution >= 4 is 0 Å². The molecule has 0 saturated heterocycles. The van der Waals surface area contributed by atoms with Gasteiger partial charge in [0.1, 0.15) is 0 Å². The Morgan fingerprint density at radius 2 is 0.926 bits per heavy atom. The van der Waals surface area contributed by atoms with E-state index in [1.165, 1.54) is 22.3 Å². The topological polar surface area (TPSA) is 0 Å². The fourth-order valence-electron chi connectivity index (χ4n) is 5.64. The summed E-state index contributed by atoms with van der Waals surface area (Å²) in [5, 5.41) is 0. The minimum Gasteiger partial charge on any atom is -0.0616 e. The van der Waals surface area contributed by atoms with Gasteiger partial charge in [-0.3, -0.25) is 0 Å². The van der Waals surface area contributed by atoms with Gasteiger partial charge < -0.3 is 0 Å². The van der Waals surface area contributed by atoms with Gasteiger partial charge in [-0.15, -0.1) is 0 Å². The highest BCUT2D eigenvalue weighted by atomic mass is 14.5. The molecule has 0 unspecified atom stereocenters. The zero-order chi connectivity index (χ0) is 20.4. The molecular weight excluding hydrogens is 324 g/mol. The summed E-state index contributed by atoms with van der Waals surface area (Å²) in [5.41, 5.74) is 9.45. The Hall–Kier alpha value is -1.56. The van der Waals surface area contributed by atoms with Crippen molar-refractivity contribution in [2.24, 2.45) is 11.8 Å². The van der Waals surface area contributed by atoms with Gasteiger partial charge in [-0.05, 0) is 56.0 Å². The van der Waals surface area contributed by atoms with E-state index >= 15 is 0 Å². The van der Waals surface area contributed by atoms with Crippen molar-refractivity contribution in [3.63, 3.8) is 0 Å². The molecule has 0 aromatic heterocycles. The Morgan fingerprint density at radius 3 is 1.19 bits per heavy atom. The second-order valence-corrected chi connectivity index (χ2v) is 11.1. The van der Waals surface area contributed by atoms with Crippen LogP contribution < -0.4 is 0 Å². The molecule has 3 rings (SSSR count). The lowest BCUT2D eigenvalue weighted by Gasteiger charge is -2.45. The lowest BCUT2D eigenvalue weighted by Crippen LogP contribution is -2.41. The Bertz CT molecular complexity index is 777. The van der Waals surface area contributed by atoms with E-state index < -0.39 is 0 Å². The summed E-state index contributed by atoms with van der Waals surface area (Å²) in [6.45, 7) is 23.9. The summed E-state index contributed by atoms with van der Waals surface area (Å²) >= 11 is 0. The summed E-state index contributed by atoms with van der Waals surface area (Å²) in [6, 6.07) is 14.0. The maximum atomic E-state index is 2.43. The van der Waals surface area contributed by atoms with E-state index in [0.717, 1.165) is 0 Å². The van der Waals surface area contributed by atoms with Crippen molar-refractivity contribution in [1.29, 1.82) is 0 Å². The first kappa shape index (κ1) is 20.2. The Balaban J connectivity index is 2.57. The second-order valence-electron chi connectivity index (χ2n) is 11.1. The minimum absolute atomic E-state index is 0.0540. The maximum absolute atomic E-state index is 2.43. The highest BCUT2D eigenvalue weighted by molar-refractivity contribution is 5.84. The third-order valence-corrected chi connectivity index (χ3v) is 6.68. The Kier molecular flexibility index (Phi) is 4.65. The van der Waals surface area contributed by atoms with Gasteiger partial charge in [0.25, 0.3) is 0 Å². The molecule has 0 heterocycles. The Morgan fingerprint density at radius 1 is 0.593 bits per heavy atom. The fraction of sp³-hybridized carbons (Fsp3) is 0.556. The van der Waals surface area contributed by atoms with E-state index in [4.69, 9.17) is 0 Å². The quantitative estimate of drug-likeness (QED) is 0.510. The molecule has 1 aliphatic carbocycles. The molecule has 146 valence electrons. The standard InChI is InChI=1S/C27H38/c1-17(2)27(18(3)4)23-19(13-11-15-21(23)25(5,6)7)20-14-12-16-22(24(20)27)26(8,9)10/h11-18H,1-10H3. The molecule has 0 saturated carbocycles. The molecule has 0 amide bonds. The number of hydrogen-bond donors (Lipinski definition) is 0. The van der Waals surface area contributed by atoms with Crippen LogP contribution in [0.5, 0.6) is 0 Å². The average Bonchev–Trinajstić information content (AvgIpc) is 2.84. The van der Waals surface area contributed by atoms with Gasteiger partial charge in [-0.2, -0.15) is 0 Å². The first-order valence-electron chi connectivity index (χ1n) is 10.6. The van der Waals surface area contributed by atoms with Gasteiger partial charge in [-0.25, -0.2) is 0 Å². The molecule has 2 aromatic carbocycles. The van der Waals surface area contributed by atoms with E-state index in [0.29, 0.717) is 11.8 Å². The number of benzene rings is 2. The number of rotatable bonds is 2. The van der Waals surface area contributed by atoms with Crippen molar-refractivity contribution < 1.29 is 0 Å². The minimum atomic E-state index is 0.0540. The maximum Gasteiger partial charge on any atom is 0.0266 e. The highest BCUT2D eigenvalue weighted by Gasteiger charge is 2.51. The highest BCUT2D eigenvalue weighted by Crippen LogP contribution is 2.60. The van der Waals surface area contributed by atoms with Crippen LogP contribution in [0.4, 0.5) is 0 Å². The predicted molar refractivity (Wildman–Crippen MR) is 120 cm³/mol. The predicted octanol–water partition coefficient (Wildman–Crippen LogP) is 7.86. The smallest absolute Gasteiger partial charge is 0.0266 e. The summed E-state index contributed by atoms with van der Waals surface area (Å²) in [6.07, 6.45) is 0. The van der Waals surface area contributed by atoms with Crippen LogP contribution in [0.2, 0.25) is 0 Å². The van der Waals surface area contributed by atoms with E-state index in [9.17, 15) is 0 Å². The third kappa shape index (κ3) is 2.79. The number of fused-ring (bicyclic) bond motifs is 3. The van der Waals surface area contributed by atoms with Crippen molar-refractivity contribution in [3.05, 3.63) is 58.7 Å². The van der Waals surface area contributed by atoms with Gasteiger partial charge in [-0.1, -0.05) is 106 Å². The molecule has 0 nitrogen and oxygen atoms in total. The van der Waals surface area contributed by atoms with Gasteiger partial charge >= 0.3 is 0 Å². The van der Waals surface area contributed by atoms with Gasteiger partial charge in [0.2, 0.25) is 0 Å². The van der Waals surface area contributed by atoms with Crippen LogP contribution in [0.25, 0.3) is 11.1 Å². The van der Waals surface area contributed by atoms with Crippen LogP contribution in [0.15, 0.2) is 36.4 Å². The first-order chi connectivity index (χ1) is 12.3. The SMILES string of the molecule is CC(C)C1(C(C)C)c2c(cccc2C(C)(C)C)-c2cccc(C(C)(C)C)c21. The molecule has 0 aliphatic heterocycles. The third-order valence-electron chi connectivity index (χ3n) is 6.68. The van der Waals surface area contributed by atoms with Crippen molar-refractivity contribution in [1.82, 2.24) is 0 Å². The summed E-state index contributed by atoms with van der Waals surface area (Å²) in [4.78, 5) is 0. The van der Waals surface area contributed by atoms with Gasteiger partial charge in [0.05, 0.1) is 0 Å². The molecule has 0 N–H and O–H groups in total. The van der Waals surface area contributed by atoms with Crippen LogP contribution in [0.1, 0.15) is 91.5 Å². The van der Waals surface area contributed by atoms with Gasteiger partial charge in [0, 0.05) is 5.41 Å². The molecular formula is C27H38. The van der Waals surface area contributed by atoms with Gasteiger partial charge in [0.15, 0.2) is 0 Å². The van der Waals surface area contributed by atoms with E-state index in [-0.39, 0.29) is 16.2 Å². The van der Waals surface area contributed by atoms with Crippen LogP contribution in [-0.4, -0.2) is 0 Å². The largest absolute Gasteiger partial charge is 0.0616 e. The average molecular weight is 363 g/mol. The first-order valence-corrected chi connectivity index (χ1v) is 10.6. The van der Waals surface area contributed by atoms with Crippen molar-refractivity contribution in [2.45, 2.75) is 85.5 Å². The molecule has 0 spiro atoms. The lowest BCUT2D eigenvalue weighted by molar-refractivity contribution is 0.271. The van der Waals surface area contributed by atoms with E-state index in [1.54, 1.807) is 11.1 Å². The zero-order valence-corrected chi connectivity index (χ0v) is 19.1. The van der Waals surface area contributed by atoms with Crippen molar-refractivity contribution in [3.8, 4) is 11.1 Å². The van der Waals surface area contributed by atoms with Crippen molar-refractivity contribution in [2.75, 3.05) is 0 Å². The lowest BCUT2D eigenvalue weighted by atomic mass is 9.58. The zero-order valence-electron chi connectivity index (χ0n) is 19.1.